The van der Waals surface area contributed by atoms with Gasteiger partial charge in [-0.3, -0.25) is 0 Å². The molecule has 0 fully saturated rings. The Morgan fingerprint density at radius 2 is 0.750 bits per heavy atom. The molecule has 0 aromatic heterocycles. The van der Waals surface area contributed by atoms with Crippen LogP contribution in [0.3, 0.4) is 0 Å². The first-order valence-corrected chi connectivity index (χ1v) is 7.23. The smallest absolute Gasteiger partial charge is 0.461 e. The van der Waals surface area contributed by atoms with E-state index in [0.29, 0.717) is 0 Å². The summed E-state index contributed by atoms with van der Waals surface area (Å²) in [6, 6.07) is 0. The van der Waals surface area contributed by atoms with Crippen molar-refractivity contribution in [2.24, 2.45) is 0 Å². The Bertz CT molecular complexity index is 845. The van der Waals surface area contributed by atoms with Crippen molar-refractivity contribution in [3.05, 3.63) is 22.3 Å². The molecular formula is C14H6F8O10. The molecule has 32 heavy (non-hydrogen) atoms. The van der Waals surface area contributed by atoms with Gasteiger partial charge in [0, 0.05) is 0 Å². The van der Waals surface area contributed by atoms with Crippen LogP contribution in [0.25, 0.3) is 0 Å². The van der Waals surface area contributed by atoms with E-state index in [4.69, 9.17) is 20.4 Å². The van der Waals surface area contributed by atoms with Crippen molar-refractivity contribution in [3.8, 4) is 11.5 Å². The van der Waals surface area contributed by atoms with Gasteiger partial charge in [-0.25, -0.2) is 19.2 Å². The third-order valence-electron chi connectivity index (χ3n) is 3.25. The zero-order valence-electron chi connectivity index (χ0n) is 14.4. The second-order valence-electron chi connectivity index (χ2n) is 5.31. The number of alkyl halides is 8. The van der Waals surface area contributed by atoms with Crippen molar-refractivity contribution in [1.82, 2.24) is 0 Å². The Hall–Kier alpha value is -3.86. The Morgan fingerprint density at radius 1 is 0.562 bits per heavy atom. The Labute approximate surface area is 168 Å². The molecule has 0 unspecified atom stereocenters. The highest BCUT2D eigenvalue weighted by molar-refractivity contribution is 6.15. The van der Waals surface area contributed by atoms with Crippen molar-refractivity contribution in [1.29, 1.82) is 0 Å². The summed E-state index contributed by atoms with van der Waals surface area (Å²) in [5.41, 5.74) is -9.55. The first-order chi connectivity index (χ1) is 14.4. The normalized spacial score (nSPS) is 12.1. The van der Waals surface area contributed by atoms with Crippen molar-refractivity contribution < 1.29 is 84.2 Å². The molecule has 18 heteroatoms. The molecule has 0 heterocycles. The molecule has 0 radical (unpaired) electrons. The molecule has 4 N–H and O–H groups in total. The van der Waals surface area contributed by atoms with E-state index < -0.39 is 82.7 Å². The maximum atomic E-state index is 13.4. The number of carbonyl (C=O) groups is 4. The Kier molecular flexibility index (Phi) is 7.13. The van der Waals surface area contributed by atoms with E-state index in [1.165, 1.54) is 0 Å². The number of hydrogen-bond acceptors (Lipinski definition) is 6. The van der Waals surface area contributed by atoms with Crippen LogP contribution in [-0.2, 0) is 0 Å². The number of halogens is 8. The summed E-state index contributed by atoms with van der Waals surface area (Å²) in [5, 5.41) is 36.4. The van der Waals surface area contributed by atoms with Gasteiger partial charge in [0.05, 0.1) is 0 Å². The zero-order valence-corrected chi connectivity index (χ0v) is 14.4. The highest BCUT2D eigenvalue weighted by Crippen LogP contribution is 2.44. The van der Waals surface area contributed by atoms with Crippen molar-refractivity contribution in [2.75, 3.05) is 0 Å². The average molecular weight is 486 g/mol. The summed E-state index contributed by atoms with van der Waals surface area (Å²) < 4.78 is 110. The topological polar surface area (TPSA) is 168 Å². The number of carboxylic acids is 4. The fourth-order valence-electron chi connectivity index (χ4n) is 2.09. The first-order valence-electron chi connectivity index (χ1n) is 7.23. The van der Waals surface area contributed by atoms with E-state index in [2.05, 4.69) is 9.47 Å². The molecule has 0 aliphatic carbocycles. The van der Waals surface area contributed by atoms with Crippen LogP contribution in [0.15, 0.2) is 0 Å². The van der Waals surface area contributed by atoms with Gasteiger partial charge in [0.25, 0.3) is 0 Å². The van der Waals surface area contributed by atoms with E-state index in [9.17, 15) is 54.3 Å². The van der Waals surface area contributed by atoms with Gasteiger partial charge in [0.15, 0.2) is 11.5 Å². The van der Waals surface area contributed by atoms with Gasteiger partial charge >= 0.3 is 48.9 Å². The maximum absolute atomic E-state index is 13.4. The minimum atomic E-state index is -5.77. The average Bonchev–Trinajstić information content (AvgIpc) is 2.59. The van der Waals surface area contributed by atoms with Crippen molar-refractivity contribution in [3.63, 3.8) is 0 Å². The third-order valence-corrected chi connectivity index (χ3v) is 3.25. The van der Waals surface area contributed by atoms with E-state index in [-0.39, 0.29) is 0 Å². The van der Waals surface area contributed by atoms with E-state index >= 15 is 0 Å². The molecule has 10 nitrogen and oxygen atoms in total. The monoisotopic (exact) mass is 486 g/mol. The molecule has 0 bridgehead atoms. The first kappa shape index (κ1) is 26.2. The summed E-state index contributed by atoms with van der Waals surface area (Å²) in [6.07, 6.45) is -21.2. The van der Waals surface area contributed by atoms with Crippen LogP contribution in [0.4, 0.5) is 35.1 Å². The fourth-order valence-corrected chi connectivity index (χ4v) is 2.09. The molecule has 0 atom stereocenters. The second kappa shape index (κ2) is 8.71. The van der Waals surface area contributed by atoms with Gasteiger partial charge < -0.3 is 29.9 Å². The maximum Gasteiger partial charge on any atom is 0.461 e. The van der Waals surface area contributed by atoms with Crippen LogP contribution in [0, 0.1) is 0 Å². The van der Waals surface area contributed by atoms with Crippen molar-refractivity contribution >= 4 is 23.9 Å². The summed E-state index contributed by atoms with van der Waals surface area (Å²) in [4.78, 5) is 45.6. The lowest BCUT2D eigenvalue weighted by Gasteiger charge is -2.25. The molecule has 0 aliphatic heterocycles. The van der Waals surface area contributed by atoms with Gasteiger partial charge in [0.2, 0.25) is 0 Å². The molecule has 0 saturated heterocycles. The lowest BCUT2D eigenvalue weighted by Crippen LogP contribution is -2.37. The number of rotatable bonds is 10. The highest BCUT2D eigenvalue weighted by atomic mass is 19.3. The van der Waals surface area contributed by atoms with Gasteiger partial charge in [-0.05, 0) is 0 Å². The minimum absolute atomic E-state index is 2.39. The number of carboxylic acid groups (broad SMARTS) is 4. The molecule has 1 aromatic carbocycles. The van der Waals surface area contributed by atoms with Crippen LogP contribution in [0.5, 0.6) is 11.5 Å². The summed E-state index contributed by atoms with van der Waals surface area (Å²) in [7, 11) is 0. The van der Waals surface area contributed by atoms with E-state index in [1.54, 1.807) is 0 Å². The molecule has 1 rings (SSSR count). The summed E-state index contributed by atoms with van der Waals surface area (Å²) >= 11 is 0. The Morgan fingerprint density at radius 3 is 0.875 bits per heavy atom. The third kappa shape index (κ3) is 4.89. The van der Waals surface area contributed by atoms with Gasteiger partial charge in [0.1, 0.15) is 22.3 Å². The fraction of sp³-hybridized carbons (Fsp3) is 0.286. The van der Waals surface area contributed by atoms with Crippen LogP contribution in [-0.4, -0.2) is 69.4 Å². The molecule has 1 aromatic rings. The molecular weight excluding hydrogens is 480 g/mol. The molecule has 0 saturated carbocycles. The number of aromatic carboxylic acids is 4. The Balaban J connectivity index is 4.36. The van der Waals surface area contributed by atoms with Gasteiger partial charge in [-0.1, -0.05) is 0 Å². The predicted molar refractivity (Wildman–Crippen MR) is 77.4 cm³/mol. The predicted octanol–water partition coefficient (Wildman–Crippen LogP) is 2.95. The van der Waals surface area contributed by atoms with Gasteiger partial charge in [-0.2, -0.15) is 35.1 Å². The number of benzene rings is 1. The van der Waals surface area contributed by atoms with Crippen LogP contribution >= 0.6 is 0 Å². The van der Waals surface area contributed by atoms with E-state index in [0.717, 1.165) is 0 Å². The number of ether oxygens (including phenoxy) is 2. The standard InChI is InChI=1S/C14H6F8O10/c15-11(16)13(19,20)31-5-1(7(23)24)2(8(25)26)6(32-14(21,22)12(17)18)4(10(29)30)3(5)9(27)28/h11-12H,(H,23,24)(H,25,26)(H,27,28)(H,29,30). The molecule has 0 spiro atoms. The molecule has 0 aliphatic rings. The number of hydrogen-bond donors (Lipinski definition) is 4. The summed E-state index contributed by atoms with van der Waals surface area (Å²) in [5.74, 6) is -16.3. The largest absolute Gasteiger partial charge is 0.478 e. The summed E-state index contributed by atoms with van der Waals surface area (Å²) in [6.45, 7) is 0. The quantitative estimate of drug-likeness (QED) is 0.361. The lowest BCUT2D eigenvalue weighted by molar-refractivity contribution is -0.255. The van der Waals surface area contributed by atoms with Gasteiger partial charge in [-0.15, -0.1) is 0 Å². The molecule has 178 valence electrons. The zero-order chi connectivity index (χ0) is 25.3. The van der Waals surface area contributed by atoms with Crippen LogP contribution < -0.4 is 9.47 Å². The second-order valence-corrected chi connectivity index (χ2v) is 5.31. The van der Waals surface area contributed by atoms with Crippen LogP contribution in [0.2, 0.25) is 0 Å². The van der Waals surface area contributed by atoms with Crippen LogP contribution in [0.1, 0.15) is 41.4 Å². The van der Waals surface area contributed by atoms with Crippen molar-refractivity contribution in [2.45, 2.75) is 25.1 Å². The highest BCUT2D eigenvalue weighted by Gasteiger charge is 2.51. The lowest BCUT2D eigenvalue weighted by atomic mass is 9.94. The minimum Gasteiger partial charge on any atom is -0.478 e. The SMILES string of the molecule is O=C(O)c1c(OC(F)(F)C(F)F)c(C(=O)O)c(C(=O)O)c(OC(F)(F)C(F)F)c1C(=O)O. The molecule has 0 amide bonds. The van der Waals surface area contributed by atoms with E-state index in [1.807, 2.05) is 0 Å².